The number of aryl methyl sites for hydroxylation is 1. The molecule has 0 saturated heterocycles. The van der Waals surface area contributed by atoms with Gasteiger partial charge < -0.3 is 10.4 Å². The summed E-state index contributed by atoms with van der Waals surface area (Å²) < 4.78 is 0. The van der Waals surface area contributed by atoms with Crippen LogP contribution in [0.3, 0.4) is 0 Å². The van der Waals surface area contributed by atoms with Crippen molar-refractivity contribution in [2.45, 2.75) is 26.2 Å². The summed E-state index contributed by atoms with van der Waals surface area (Å²) in [5.41, 5.74) is 1.25. The number of amides is 1. The van der Waals surface area contributed by atoms with Gasteiger partial charge in [-0.1, -0.05) is 6.07 Å². The molecule has 17 heavy (non-hydrogen) atoms. The SMILES string of the molecule is Cc1cccnc1C(=O)NCCCCC(=O)O. The van der Waals surface area contributed by atoms with Crippen molar-refractivity contribution in [1.29, 1.82) is 0 Å². The van der Waals surface area contributed by atoms with Crippen molar-refractivity contribution in [2.75, 3.05) is 6.54 Å². The van der Waals surface area contributed by atoms with Gasteiger partial charge in [0.1, 0.15) is 5.69 Å². The number of hydrogen-bond donors (Lipinski definition) is 2. The van der Waals surface area contributed by atoms with Crippen LogP contribution in [-0.2, 0) is 4.79 Å². The van der Waals surface area contributed by atoms with E-state index in [2.05, 4.69) is 10.3 Å². The molecule has 1 aromatic heterocycles. The van der Waals surface area contributed by atoms with Crippen molar-refractivity contribution >= 4 is 11.9 Å². The topological polar surface area (TPSA) is 79.3 Å². The molecule has 92 valence electrons. The average Bonchev–Trinajstić information content (AvgIpc) is 2.28. The molecule has 1 rings (SSSR count). The van der Waals surface area contributed by atoms with Crippen LogP contribution in [-0.4, -0.2) is 28.5 Å². The van der Waals surface area contributed by atoms with Crippen LogP contribution in [0.2, 0.25) is 0 Å². The Bertz CT molecular complexity index is 404. The standard InChI is InChI=1S/C12H16N2O3/c1-9-5-4-8-13-11(9)12(17)14-7-3-2-6-10(15)16/h4-5,8H,2-3,6-7H2,1H3,(H,14,17)(H,15,16). The van der Waals surface area contributed by atoms with Crippen LogP contribution in [0.1, 0.15) is 35.3 Å². The molecule has 0 spiro atoms. The minimum atomic E-state index is -0.808. The Hall–Kier alpha value is -1.91. The molecule has 1 amide bonds. The fraction of sp³-hybridized carbons (Fsp3) is 0.417. The molecular weight excluding hydrogens is 220 g/mol. The van der Waals surface area contributed by atoms with E-state index >= 15 is 0 Å². The summed E-state index contributed by atoms with van der Waals surface area (Å²) in [6, 6.07) is 3.60. The van der Waals surface area contributed by atoms with E-state index in [1.807, 2.05) is 13.0 Å². The second-order valence-electron chi connectivity index (χ2n) is 3.78. The van der Waals surface area contributed by atoms with E-state index in [0.717, 1.165) is 5.56 Å². The van der Waals surface area contributed by atoms with Crippen molar-refractivity contribution < 1.29 is 14.7 Å². The summed E-state index contributed by atoms with van der Waals surface area (Å²) in [5.74, 6) is -1.02. The molecule has 5 heteroatoms. The first-order valence-electron chi connectivity index (χ1n) is 5.53. The molecule has 5 nitrogen and oxygen atoms in total. The lowest BCUT2D eigenvalue weighted by atomic mass is 10.2. The zero-order valence-electron chi connectivity index (χ0n) is 9.77. The predicted octanol–water partition coefficient (Wildman–Crippen LogP) is 1.37. The molecule has 0 atom stereocenters. The fourth-order valence-electron chi connectivity index (χ4n) is 1.41. The minimum Gasteiger partial charge on any atom is -0.481 e. The zero-order valence-corrected chi connectivity index (χ0v) is 9.77. The van der Waals surface area contributed by atoms with E-state index in [4.69, 9.17) is 5.11 Å². The number of nitrogens with one attached hydrogen (secondary N) is 1. The molecule has 0 aliphatic rings. The normalized spacial score (nSPS) is 9.94. The van der Waals surface area contributed by atoms with Gasteiger partial charge in [-0.25, -0.2) is 0 Å². The van der Waals surface area contributed by atoms with Crippen molar-refractivity contribution in [2.24, 2.45) is 0 Å². The van der Waals surface area contributed by atoms with Gasteiger partial charge in [-0.3, -0.25) is 14.6 Å². The van der Waals surface area contributed by atoms with Crippen LogP contribution in [0.15, 0.2) is 18.3 Å². The second kappa shape index (κ2) is 6.62. The van der Waals surface area contributed by atoms with Gasteiger partial charge in [0.15, 0.2) is 0 Å². The lowest BCUT2D eigenvalue weighted by molar-refractivity contribution is -0.137. The fourth-order valence-corrected chi connectivity index (χ4v) is 1.41. The van der Waals surface area contributed by atoms with Crippen molar-refractivity contribution in [3.8, 4) is 0 Å². The summed E-state index contributed by atoms with van der Waals surface area (Å²) in [6.45, 7) is 2.30. The van der Waals surface area contributed by atoms with Crippen molar-refractivity contribution in [1.82, 2.24) is 10.3 Å². The summed E-state index contributed by atoms with van der Waals surface area (Å²) >= 11 is 0. The van der Waals surface area contributed by atoms with E-state index in [9.17, 15) is 9.59 Å². The number of carbonyl (C=O) groups is 2. The summed E-state index contributed by atoms with van der Waals surface area (Å²) in [6.07, 6.45) is 2.94. The highest BCUT2D eigenvalue weighted by atomic mass is 16.4. The number of carboxylic acids is 1. The van der Waals surface area contributed by atoms with Gasteiger partial charge in [0, 0.05) is 19.2 Å². The van der Waals surface area contributed by atoms with Gasteiger partial charge in [0.25, 0.3) is 5.91 Å². The third-order valence-corrected chi connectivity index (χ3v) is 2.33. The molecule has 0 fully saturated rings. The van der Waals surface area contributed by atoms with Crippen LogP contribution in [0.25, 0.3) is 0 Å². The zero-order chi connectivity index (χ0) is 12.7. The number of aliphatic carboxylic acids is 1. The van der Waals surface area contributed by atoms with Gasteiger partial charge in [0.05, 0.1) is 0 Å². The number of aromatic nitrogens is 1. The third kappa shape index (κ3) is 4.63. The number of hydrogen-bond acceptors (Lipinski definition) is 3. The maximum Gasteiger partial charge on any atom is 0.303 e. The first kappa shape index (κ1) is 13.2. The van der Waals surface area contributed by atoms with Crippen molar-refractivity contribution in [3.63, 3.8) is 0 Å². The van der Waals surface area contributed by atoms with E-state index in [-0.39, 0.29) is 12.3 Å². The molecule has 1 aromatic rings. The highest BCUT2D eigenvalue weighted by Gasteiger charge is 2.08. The van der Waals surface area contributed by atoms with Crippen molar-refractivity contribution in [3.05, 3.63) is 29.6 Å². The maximum absolute atomic E-state index is 11.7. The Balaban J connectivity index is 2.31. The lowest BCUT2D eigenvalue weighted by Crippen LogP contribution is -2.26. The quantitative estimate of drug-likeness (QED) is 0.731. The highest BCUT2D eigenvalue weighted by Crippen LogP contribution is 2.02. The smallest absolute Gasteiger partial charge is 0.303 e. The first-order chi connectivity index (χ1) is 8.11. The monoisotopic (exact) mass is 236 g/mol. The Morgan fingerprint density at radius 3 is 2.82 bits per heavy atom. The van der Waals surface area contributed by atoms with Crippen LogP contribution >= 0.6 is 0 Å². The van der Waals surface area contributed by atoms with E-state index < -0.39 is 5.97 Å². The van der Waals surface area contributed by atoms with Gasteiger partial charge >= 0.3 is 5.97 Å². The third-order valence-electron chi connectivity index (χ3n) is 2.33. The Kier molecular flexibility index (Phi) is 5.13. The molecule has 1 heterocycles. The Labute approximate surface area is 99.9 Å². The number of carbonyl (C=O) groups excluding carboxylic acids is 1. The van der Waals surface area contributed by atoms with Crippen LogP contribution < -0.4 is 5.32 Å². The molecular formula is C12H16N2O3. The number of carboxylic acid groups (broad SMARTS) is 1. The van der Waals surface area contributed by atoms with Gasteiger partial charge in [0.2, 0.25) is 0 Å². The number of nitrogens with zero attached hydrogens (tertiary/aromatic N) is 1. The Morgan fingerprint density at radius 1 is 1.41 bits per heavy atom. The van der Waals surface area contributed by atoms with Gasteiger partial charge in [-0.2, -0.15) is 0 Å². The largest absolute Gasteiger partial charge is 0.481 e. The predicted molar refractivity (Wildman–Crippen MR) is 62.8 cm³/mol. The van der Waals surface area contributed by atoms with Crippen LogP contribution in [0.4, 0.5) is 0 Å². The molecule has 0 radical (unpaired) electrons. The number of pyridine rings is 1. The molecule has 0 aliphatic carbocycles. The van der Waals surface area contributed by atoms with Gasteiger partial charge in [-0.05, 0) is 31.4 Å². The van der Waals surface area contributed by atoms with Crippen LogP contribution in [0, 0.1) is 6.92 Å². The number of rotatable bonds is 6. The minimum absolute atomic E-state index is 0.137. The molecule has 0 unspecified atom stereocenters. The van der Waals surface area contributed by atoms with E-state index in [1.165, 1.54) is 0 Å². The molecule has 0 bridgehead atoms. The maximum atomic E-state index is 11.7. The molecule has 2 N–H and O–H groups in total. The summed E-state index contributed by atoms with van der Waals surface area (Å²) in [5, 5.41) is 11.2. The lowest BCUT2D eigenvalue weighted by Gasteiger charge is -2.05. The van der Waals surface area contributed by atoms with Gasteiger partial charge in [-0.15, -0.1) is 0 Å². The average molecular weight is 236 g/mol. The van der Waals surface area contributed by atoms with E-state index in [1.54, 1.807) is 12.3 Å². The second-order valence-corrected chi connectivity index (χ2v) is 3.78. The summed E-state index contributed by atoms with van der Waals surface area (Å²) in [4.78, 5) is 25.9. The first-order valence-corrected chi connectivity index (χ1v) is 5.53. The van der Waals surface area contributed by atoms with E-state index in [0.29, 0.717) is 25.1 Å². The highest BCUT2D eigenvalue weighted by molar-refractivity contribution is 5.93. The molecule has 0 saturated carbocycles. The molecule has 0 aliphatic heterocycles. The Morgan fingerprint density at radius 2 is 2.18 bits per heavy atom. The number of unbranched alkanes of at least 4 members (excludes halogenated alkanes) is 1. The van der Waals surface area contributed by atoms with Crippen LogP contribution in [0.5, 0.6) is 0 Å². The summed E-state index contributed by atoms with van der Waals surface area (Å²) in [7, 11) is 0. The molecule has 0 aromatic carbocycles.